The van der Waals surface area contributed by atoms with Crippen LogP contribution in [0.3, 0.4) is 0 Å². The van der Waals surface area contributed by atoms with Crippen LogP contribution in [0.5, 0.6) is 0 Å². The highest BCUT2D eigenvalue weighted by Gasteiger charge is 2.48. The van der Waals surface area contributed by atoms with Gasteiger partial charge in [0, 0.05) is 12.1 Å². The number of guanidine groups is 2. The molecular formula is C23H22N6O4. The van der Waals surface area contributed by atoms with Crippen molar-refractivity contribution in [1.29, 1.82) is 5.41 Å². The van der Waals surface area contributed by atoms with Crippen LogP contribution >= 0.6 is 0 Å². The first-order valence-electron chi connectivity index (χ1n) is 10.8. The Balaban J connectivity index is 1.33. The number of aliphatic imine (C=N–C) groups is 2. The van der Waals surface area contributed by atoms with E-state index in [0.29, 0.717) is 5.96 Å². The number of amides is 1. The summed E-state index contributed by atoms with van der Waals surface area (Å²) in [5, 5.41) is 33.3. The van der Waals surface area contributed by atoms with Gasteiger partial charge < -0.3 is 20.3 Å². The quantitative estimate of drug-likeness (QED) is 0.400. The van der Waals surface area contributed by atoms with Gasteiger partial charge in [-0.3, -0.25) is 20.4 Å². The first-order valence-corrected chi connectivity index (χ1v) is 10.8. The van der Waals surface area contributed by atoms with E-state index in [-0.39, 0.29) is 24.8 Å². The fourth-order valence-electron chi connectivity index (χ4n) is 4.87. The first-order chi connectivity index (χ1) is 16.0. The number of hydrogen-bond acceptors (Lipinski definition) is 8. The maximum atomic E-state index is 12.5. The average Bonchev–Trinajstić information content (AvgIpc) is 3.46. The number of hydrogen-bond donors (Lipinski definition) is 5. The van der Waals surface area contributed by atoms with E-state index >= 15 is 0 Å². The molecule has 33 heavy (non-hydrogen) atoms. The van der Waals surface area contributed by atoms with Crippen molar-refractivity contribution in [2.45, 2.75) is 37.3 Å². The van der Waals surface area contributed by atoms with Gasteiger partial charge in [-0.15, -0.1) is 0 Å². The molecule has 4 atom stereocenters. The van der Waals surface area contributed by atoms with E-state index in [1.54, 1.807) is 4.90 Å². The summed E-state index contributed by atoms with van der Waals surface area (Å²) in [5.74, 6) is -0.126. The zero-order chi connectivity index (χ0) is 22.7. The minimum Gasteiger partial charge on any atom is -0.394 e. The molecule has 3 aliphatic heterocycles. The number of aliphatic hydroxyl groups excluding tert-OH is 2. The Morgan fingerprint density at radius 1 is 1.21 bits per heavy atom. The average molecular weight is 446 g/mol. The van der Waals surface area contributed by atoms with Crippen molar-refractivity contribution in [2.75, 3.05) is 11.9 Å². The van der Waals surface area contributed by atoms with Crippen LogP contribution in [0, 0.1) is 5.41 Å². The van der Waals surface area contributed by atoms with Crippen molar-refractivity contribution in [3.8, 4) is 11.1 Å². The maximum Gasteiger partial charge on any atom is 0.259 e. The molecule has 10 nitrogen and oxygen atoms in total. The SMILES string of the molecule is N=C1N=C2C(N=C(Nc3ccc4c(c3)Cc3ccccc3-4)N2[C@H]2C[C@H](O)[C@@H](CO)O2)C(=O)N1. The summed E-state index contributed by atoms with van der Waals surface area (Å²) in [7, 11) is 0. The number of nitrogens with zero attached hydrogens (tertiary/aromatic N) is 3. The number of benzene rings is 2. The Hall–Kier alpha value is -3.60. The lowest BCUT2D eigenvalue weighted by atomic mass is 10.1. The first kappa shape index (κ1) is 20.0. The third-order valence-electron chi connectivity index (χ3n) is 6.41. The molecule has 1 saturated heterocycles. The number of aliphatic hydroxyl groups is 2. The van der Waals surface area contributed by atoms with E-state index in [1.807, 2.05) is 18.2 Å². The van der Waals surface area contributed by atoms with Crippen molar-refractivity contribution in [1.82, 2.24) is 10.2 Å². The van der Waals surface area contributed by atoms with E-state index in [0.717, 1.165) is 12.1 Å². The van der Waals surface area contributed by atoms with Gasteiger partial charge >= 0.3 is 0 Å². The summed E-state index contributed by atoms with van der Waals surface area (Å²) >= 11 is 0. The Kier molecular flexibility index (Phi) is 4.54. The van der Waals surface area contributed by atoms with Crippen LogP contribution in [-0.2, 0) is 16.0 Å². The van der Waals surface area contributed by atoms with E-state index in [2.05, 4.69) is 44.9 Å². The molecule has 168 valence electrons. The van der Waals surface area contributed by atoms with Gasteiger partial charge in [-0.25, -0.2) is 4.99 Å². The number of carbonyl (C=O) groups excluding carboxylic acids is 1. The van der Waals surface area contributed by atoms with Crippen molar-refractivity contribution in [2.24, 2.45) is 9.98 Å². The Morgan fingerprint density at radius 2 is 2.03 bits per heavy atom. The lowest BCUT2D eigenvalue weighted by molar-refractivity contribution is -0.119. The number of rotatable bonds is 3. The van der Waals surface area contributed by atoms with Crippen LogP contribution in [0.2, 0.25) is 0 Å². The molecule has 0 spiro atoms. The zero-order valence-corrected chi connectivity index (χ0v) is 17.5. The smallest absolute Gasteiger partial charge is 0.259 e. The molecule has 0 aromatic heterocycles. The summed E-state index contributed by atoms with van der Waals surface area (Å²) < 4.78 is 5.83. The van der Waals surface area contributed by atoms with Gasteiger partial charge in [-0.05, 0) is 40.8 Å². The summed E-state index contributed by atoms with van der Waals surface area (Å²) in [6, 6.07) is 13.5. The minimum absolute atomic E-state index is 0.201. The molecule has 1 amide bonds. The molecule has 0 radical (unpaired) electrons. The predicted molar refractivity (Wildman–Crippen MR) is 121 cm³/mol. The number of ether oxygens (including phenoxy) is 1. The summed E-state index contributed by atoms with van der Waals surface area (Å²) in [4.78, 5) is 22.8. The third-order valence-corrected chi connectivity index (χ3v) is 6.41. The minimum atomic E-state index is -0.922. The van der Waals surface area contributed by atoms with Crippen LogP contribution in [0.25, 0.3) is 11.1 Å². The van der Waals surface area contributed by atoms with Gasteiger partial charge in [0.1, 0.15) is 12.3 Å². The second-order valence-electron chi connectivity index (χ2n) is 8.48. The van der Waals surface area contributed by atoms with E-state index < -0.39 is 30.4 Å². The number of nitrogens with one attached hydrogen (secondary N) is 3. The van der Waals surface area contributed by atoms with Crippen LogP contribution in [0.4, 0.5) is 5.69 Å². The number of amidine groups is 1. The highest BCUT2D eigenvalue weighted by Crippen LogP contribution is 2.38. The molecule has 0 saturated carbocycles. The molecule has 1 aliphatic carbocycles. The fraction of sp³-hybridized carbons (Fsp3) is 0.304. The maximum absolute atomic E-state index is 12.5. The summed E-state index contributed by atoms with van der Waals surface area (Å²) in [5.41, 5.74) is 5.69. The topological polar surface area (TPSA) is 143 Å². The van der Waals surface area contributed by atoms with Gasteiger partial charge in [0.25, 0.3) is 5.91 Å². The standard InChI is InChI=1S/C23H22N6O4/c24-22-27-20-19(21(32)28-22)26-23(29(20)18-9-16(31)17(10-30)33-18)25-13-5-6-15-12(8-13)7-11-3-1-2-4-14(11)15/h1-6,8,16-19,30-31H,7,9-10H2,(H,25,26)(H2,24,28,32)/t16-,17+,18+,19?/m0/s1. The van der Waals surface area contributed by atoms with Crippen LogP contribution in [0.1, 0.15) is 17.5 Å². The van der Waals surface area contributed by atoms with Crippen molar-refractivity contribution < 1.29 is 19.7 Å². The van der Waals surface area contributed by atoms with E-state index in [9.17, 15) is 15.0 Å². The van der Waals surface area contributed by atoms with Gasteiger partial charge in [-0.2, -0.15) is 4.99 Å². The second-order valence-corrected chi connectivity index (χ2v) is 8.48. The van der Waals surface area contributed by atoms with Gasteiger partial charge in [0.2, 0.25) is 11.9 Å². The Bertz CT molecular complexity index is 1240. The van der Waals surface area contributed by atoms with Crippen LogP contribution < -0.4 is 10.6 Å². The summed E-state index contributed by atoms with van der Waals surface area (Å²) in [6.45, 7) is -0.330. The normalized spacial score (nSPS) is 27.5. The van der Waals surface area contributed by atoms with Crippen molar-refractivity contribution >= 4 is 29.3 Å². The summed E-state index contributed by atoms with van der Waals surface area (Å²) in [6.07, 6.45) is -1.26. The molecule has 0 bridgehead atoms. The van der Waals surface area contributed by atoms with Crippen molar-refractivity contribution in [3.05, 3.63) is 53.6 Å². The molecule has 4 aliphatic rings. The molecule has 3 heterocycles. The third kappa shape index (κ3) is 3.22. The number of fused-ring (bicyclic) bond motifs is 4. The van der Waals surface area contributed by atoms with Gasteiger partial charge in [0.05, 0.1) is 12.7 Å². The molecule has 6 rings (SSSR count). The lowest BCUT2D eigenvalue weighted by Crippen LogP contribution is -2.52. The molecular weight excluding hydrogens is 424 g/mol. The van der Waals surface area contributed by atoms with Gasteiger partial charge in [-0.1, -0.05) is 30.3 Å². The lowest BCUT2D eigenvalue weighted by Gasteiger charge is -2.29. The van der Waals surface area contributed by atoms with Gasteiger partial charge in [0.15, 0.2) is 11.9 Å². The Labute approximate surface area is 189 Å². The molecule has 2 aromatic carbocycles. The molecule has 1 fully saturated rings. The molecule has 10 heteroatoms. The second kappa shape index (κ2) is 7.48. The Morgan fingerprint density at radius 3 is 2.85 bits per heavy atom. The van der Waals surface area contributed by atoms with Crippen LogP contribution in [0.15, 0.2) is 52.4 Å². The molecule has 2 aromatic rings. The number of anilines is 1. The largest absolute Gasteiger partial charge is 0.394 e. The zero-order valence-electron chi connectivity index (χ0n) is 17.5. The van der Waals surface area contributed by atoms with E-state index in [1.165, 1.54) is 22.3 Å². The molecule has 1 unspecified atom stereocenters. The van der Waals surface area contributed by atoms with E-state index in [4.69, 9.17) is 10.1 Å². The highest BCUT2D eigenvalue weighted by molar-refractivity contribution is 6.27. The predicted octanol–water partition coefficient (Wildman–Crippen LogP) is 0.641. The van der Waals surface area contributed by atoms with Crippen LogP contribution in [-0.4, -0.2) is 69.9 Å². The number of carbonyl (C=O) groups is 1. The monoisotopic (exact) mass is 446 g/mol. The van der Waals surface area contributed by atoms with Crippen molar-refractivity contribution in [3.63, 3.8) is 0 Å². The highest BCUT2D eigenvalue weighted by atomic mass is 16.5. The fourth-order valence-corrected chi connectivity index (χ4v) is 4.87. The molecule has 5 N–H and O–H groups in total.